The van der Waals surface area contributed by atoms with Crippen molar-refractivity contribution in [3.63, 3.8) is 0 Å². The lowest BCUT2D eigenvalue weighted by Crippen LogP contribution is -1.97. The van der Waals surface area contributed by atoms with E-state index < -0.39 is 0 Å². The van der Waals surface area contributed by atoms with Gasteiger partial charge in [-0.15, -0.1) is 11.3 Å². The summed E-state index contributed by atoms with van der Waals surface area (Å²) in [4.78, 5) is 11.3. The number of hydrogen-bond acceptors (Lipinski definition) is 3. The maximum absolute atomic E-state index is 5.00. The Hall–Kier alpha value is -5.06. The summed E-state index contributed by atoms with van der Waals surface area (Å²) >= 11 is 1.85. The molecule has 0 atom stereocenters. The molecule has 0 saturated heterocycles. The highest BCUT2D eigenvalue weighted by Crippen LogP contribution is 2.42. The molecule has 4 heteroatoms. The third kappa shape index (κ3) is 3.73. The van der Waals surface area contributed by atoms with Crippen LogP contribution in [0.25, 0.3) is 70.8 Å². The van der Waals surface area contributed by atoms with Gasteiger partial charge in [0.1, 0.15) is 4.83 Å². The molecule has 40 heavy (non-hydrogen) atoms. The lowest BCUT2D eigenvalue weighted by molar-refractivity contribution is 1.17. The molecule has 5 aromatic carbocycles. The summed E-state index contributed by atoms with van der Waals surface area (Å²) in [6.45, 7) is 0. The molecule has 188 valence electrons. The molecule has 0 aliphatic carbocycles. The molecule has 0 N–H and O–H groups in total. The third-order valence-electron chi connectivity index (χ3n) is 7.44. The molecule has 0 bridgehead atoms. The summed E-state index contributed by atoms with van der Waals surface area (Å²) in [5.74, 6) is 0.719. The van der Waals surface area contributed by atoms with E-state index in [9.17, 15) is 0 Å². The maximum atomic E-state index is 5.00. The summed E-state index contributed by atoms with van der Waals surface area (Å²) in [6, 6.07) is 48.7. The molecule has 3 nitrogen and oxygen atoms in total. The van der Waals surface area contributed by atoms with Crippen LogP contribution in [0.1, 0.15) is 0 Å². The summed E-state index contributed by atoms with van der Waals surface area (Å²) in [5, 5.41) is 3.92. The number of fused-ring (bicyclic) bond motifs is 5. The summed E-state index contributed by atoms with van der Waals surface area (Å²) in [6.07, 6.45) is 0. The van der Waals surface area contributed by atoms with Gasteiger partial charge in [-0.2, -0.15) is 0 Å². The van der Waals surface area contributed by atoms with Gasteiger partial charge in [0.15, 0.2) is 5.82 Å². The van der Waals surface area contributed by atoms with E-state index in [1.165, 1.54) is 31.2 Å². The molecular weight excluding hydrogens is 506 g/mol. The molecule has 0 spiro atoms. The van der Waals surface area contributed by atoms with Crippen LogP contribution in [0.15, 0.2) is 140 Å². The zero-order valence-electron chi connectivity index (χ0n) is 21.5. The average Bonchev–Trinajstić information content (AvgIpc) is 3.56. The predicted molar refractivity (Wildman–Crippen MR) is 168 cm³/mol. The highest BCUT2D eigenvalue weighted by molar-refractivity contribution is 7.25. The molecule has 3 heterocycles. The number of nitrogens with zero attached hydrogens (tertiary/aromatic N) is 3. The standard InChI is InChI=1S/C36H23N3S/c1-3-11-24(12-4-1)30-23-31(25-13-5-2-6-14-25)38-35(37-30)26-19-21-27(22-20-26)39-32-17-9-7-15-28(32)34-29-16-8-10-18-33(29)40-36(34)39/h1-23H. The zero-order chi connectivity index (χ0) is 26.5. The normalized spacial score (nSPS) is 11.5. The van der Waals surface area contributed by atoms with Crippen LogP contribution in [0.5, 0.6) is 0 Å². The first kappa shape index (κ1) is 22.9. The topological polar surface area (TPSA) is 30.7 Å². The smallest absolute Gasteiger partial charge is 0.160 e. The number of hydrogen-bond donors (Lipinski definition) is 0. The van der Waals surface area contributed by atoms with E-state index in [2.05, 4.69) is 108 Å². The Morgan fingerprint density at radius 2 is 1.07 bits per heavy atom. The van der Waals surface area contributed by atoms with Gasteiger partial charge < -0.3 is 4.57 Å². The minimum absolute atomic E-state index is 0.719. The van der Waals surface area contributed by atoms with Crippen molar-refractivity contribution in [3.05, 3.63) is 140 Å². The lowest BCUT2D eigenvalue weighted by atomic mass is 10.1. The molecule has 0 aliphatic heterocycles. The largest absolute Gasteiger partial charge is 0.301 e. The van der Waals surface area contributed by atoms with E-state index in [1.54, 1.807) is 0 Å². The van der Waals surface area contributed by atoms with Crippen molar-refractivity contribution < 1.29 is 0 Å². The Morgan fingerprint density at radius 1 is 0.500 bits per heavy atom. The van der Waals surface area contributed by atoms with Crippen molar-refractivity contribution in [1.29, 1.82) is 0 Å². The second-order valence-electron chi connectivity index (χ2n) is 9.87. The van der Waals surface area contributed by atoms with Gasteiger partial charge in [0.2, 0.25) is 0 Å². The van der Waals surface area contributed by atoms with Gasteiger partial charge in [0, 0.05) is 43.2 Å². The van der Waals surface area contributed by atoms with Crippen molar-refractivity contribution >= 4 is 42.5 Å². The van der Waals surface area contributed by atoms with Crippen LogP contribution in [0.4, 0.5) is 0 Å². The molecule has 8 aromatic rings. The van der Waals surface area contributed by atoms with Gasteiger partial charge in [-0.1, -0.05) is 97.1 Å². The van der Waals surface area contributed by atoms with Gasteiger partial charge in [0.05, 0.1) is 16.9 Å². The van der Waals surface area contributed by atoms with Crippen molar-refractivity contribution in [2.45, 2.75) is 0 Å². The fourth-order valence-corrected chi connectivity index (χ4v) is 6.80. The van der Waals surface area contributed by atoms with E-state index in [-0.39, 0.29) is 0 Å². The Bertz CT molecular complexity index is 2080. The molecule has 3 aromatic heterocycles. The molecule has 0 amide bonds. The van der Waals surface area contributed by atoms with E-state index in [0.717, 1.165) is 39.6 Å². The number of aromatic nitrogens is 3. The number of thiophene rings is 1. The van der Waals surface area contributed by atoms with Gasteiger partial charge in [-0.3, -0.25) is 0 Å². The SMILES string of the molecule is c1ccc(-c2cc(-c3ccccc3)nc(-c3ccc(-n4c5ccccc5c5c6ccccc6sc54)cc3)n2)cc1. The van der Waals surface area contributed by atoms with Gasteiger partial charge >= 0.3 is 0 Å². The quantitative estimate of drug-likeness (QED) is 0.227. The van der Waals surface area contributed by atoms with Crippen LogP contribution < -0.4 is 0 Å². The fourth-order valence-electron chi connectivity index (χ4n) is 5.55. The zero-order valence-corrected chi connectivity index (χ0v) is 22.3. The number of para-hydroxylation sites is 1. The third-order valence-corrected chi connectivity index (χ3v) is 8.60. The second kappa shape index (κ2) is 9.30. The van der Waals surface area contributed by atoms with Crippen LogP contribution >= 0.6 is 11.3 Å². The predicted octanol–water partition coefficient (Wildman–Crippen LogP) is 9.79. The summed E-state index contributed by atoms with van der Waals surface area (Å²) in [5.41, 5.74) is 7.31. The van der Waals surface area contributed by atoms with E-state index in [1.807, 2.05) is 47.7 Å². The summed E-state index contributed by atoms with van der Waals surface area (Å²) < 4.78 is 3.69. The fraction of sp³-hybridized carbons (Fsp3) is 0. The first-order chi connectivity index (χ1) is 19.8. The Labute approximate surface area is 235 Å². The Balaban J connectivity index is 1.28. The molecule has 0 radical (unpaired) electrons. The minimum atomic E-state index is 0.719. The highest BCUT2D eigenvalue weighted by Gasteiger charge is 2.17. The minimum Gasteiger partial charge on any atom is -0.301 e. The molecule has 0 unspecified atom stereocenters. The Morgan fingerprint density at radius 3 is 1.75 bits per heavy atom. The molecule has 0 aliphatic rings. The monoisotopic (exact) mass is 529 g/mol. The van der Waals surface area contributed by atoms with E-state index >= 15 is 0 Å². The van der Waals surface area contributed by atoms with Crippen LogP contribution in [-0.2, 0) is 0 Å². The molecular formula is C36H23N3S. The van der Waals surface area contributed by atoms with Crippen LogP contribution in [0, 0.1) is 0 Å². The molecule has 0 saturated carbocycles. The van der Waals surface area contributed by atoms with Crippen molar-refractivity contribution in [1.82, 2.24) is 14.5 Å². The average molecular weight is 530 g/mol. The highest BCUT2D eigenvalue weighted by atomic mass is 32.1. The van der Waals surface area contributed by atoms with Crippen molar-refractivity contribution in [3.8, 4) is 39.6 Å². The van der Waals surface area contributed by atoms with Gasteiger partial charge in [-0.25, -0.2) is 9.97 Å². The van der Waals surface area contributed by atoms with Crippen LogP contribution in [-0.4, -0.2) is 14.5 Å². The van der Waals surface area contributed by atoms with Crippen molar-refractivity contribution in [2.24, 2.45) is 0 Å². The first-order valence-corrected chi connectivity index (χ1v) is 14.2. The second-order valence-corrected chi connectivity index (χ2v) is 10.9. The van der Waals surface area contributed by atoms with Gasteiger partial charge in [0.25, 0.3) is 0 Å². The van der Waals surface area contributed by atoms with Crippen molar-refractivity contribution in [2.75, 3.05) is 0 Å². The number of benzene rings is 5. The van der Waals surface area contributed by atoms with E-state index in [4.69, 9.17) is 9.97 Å². The number of rotatable bonds is 4. The van der Waals surface area contributed by atoms with Crippen LogP contribution in [0.3, 0.4) is 0 Å². The molecule has 8 rings (SSSR count). The lowest BCUT2D eigenvalue weighted by Gasteiger charge is -2.11. The maximum Gasteiger partial charge on any atom is 0.160 e. The molecule has 0 fully saturated rings. The van der Waals surface area contributed by atoms with E-state index in [0.29, 0.717) is 0 Å². The summed E-state index contributed by atoms with van der Waals surface area (Å²) in [7, 11) is 0. The Kier molecular flexibility index (Phi) is 5.32. The first-order valence-electron chi connectivity index (χ1n) is 13.3. The van der Waals surface area contributed by atoms with Crippen LogP contribution in [0.2, 0.25) is 0 Å². The van der Waals surface area contributed by atoms with Gasteiger partial charge in [-0.05, 0) is 42.5 Å².